The Hall–Kier alpha value is -1.36. The average molecular weight is 476 g/mol. The van der Waals surface area contributed by atoms with Crippen molar-refractivity contribution in [2.45, 2.75) is 58.2 Å². The van der Waals surface area contributed by atoms with Crippen molar-refractivity contribution in [2.75, 3.05) is 5.75 Å². The van der Waals surface area contributed by atoms with Gasteiger partial charge in [-0.05, 0) is 20.3 Å². The summed E-state index contributed by atoms with van der Waals surface area (Å²) in [6, 6.07) is 0. The Morgan fingerprint density at radius 3 is 2.66 bits per heavy atom. The molecule has 0 saturated carbocycles. The Morgan fingerprint density at radius 2 is 2.10 bits per heavy atom. The molecule has 0 saturated heterocycles. The summed E-state index contributed by atoms with van der Waals surface area (Å²) in [5.74, 6) is 0.796. The third-order valence-electron chi connectivity index (χ3n) is 3.38. The minimum absolute atomic E-state index is 0.0283. The topological polar surface area (TPSA) is 109 Å². The van der Waals surface area contributed by atoms with Crippen LogP contribution >= 0.6 is 23.1 Å². The van der Waals surface area contributed by atoms with Crippen LogP contribution in [-0.2, 0) is 43.3 Å². The first-order valence-corrected chi connectivity index (χ1v) is 12.0. The lowest BCUT2D eigenvalue weighted by molar-refractivity contribution is -0.191. The second-order valence-electron chi connectivity index (χ2n) is 6.49. The standard InChI is InChI=1S/C17H25N3O2S2.CO2.S2/c1-4-5-6-7-12(21)8-14(22)18-9-15-19-13(10-23-15)16-20-17(2,3)11-24-16;2-1-3;1-2/h6-7,10,12,21H,4-5,8-9,11H2,1-3H3,(H,18,22);;/b7-6+;;/t12-;;/m1../s1. The molecule has 11 heteroatoms. The number of nitrogens with one attached hydrogen (secondary N) is 1. The van der Waals surface area contributed by atoms with Crippen molar-refractivity contribution >= 4 is 62.6 Å². The molecule has 1 aliphatic heterocycles. The number of aliphatic hydroxyl groups excluding tert-OH is 1. The summed E-state index contributed by atoms with van der Waals surface area (Å²) in [6.45, 7) is 6.68. The van der Waals surface area contributed by atoms with E-state index in [1.165, 1.54) is 11.3 Å². The molecule has 2 heterocycles. The Balaban J connectivity index is 0.00000143. The van der Waals surface area contributed by atoms with Gasteiger partial charge < -0.3 is 10.4 Å². The lowest BCUT2D eigenvalue weighted by Crippen LogP contribution is -2.26. The average Bonchev–Trinajstić information content (AvgIpc) is 3.28. The van der Waals surface area contributed by atoms with Crippen LogP contribution in [0.25, 0.3) is 0 Å². The van der Waals surface area contributed by atoms with Gasteiger partial charge in [0.15, 0.2) is 0 Å². The van der Waals surface area contributed by atoms with Crippen LogP contribution in [0.5, 0.6) is 0 Å². The molecule has 0 bridgehead atoms. The number of amides is 1. The molecule has 1 atom stereocenters. The van der Waals surface area contributed by atoms with E-state index in [1.807, 2.05) is 11.5 Å². The molecule has 0 fully saturated rings. The van der Waals surface area contributed by atoms with Crippen LogP contribution in [0.3, 0.4) is 0 Å². The number of aromatic nitrogens is 1. The molecular formula is C18H25N3O4S4. The molecule has 29 heavy (non-hydrogen) atoms. The monoisotopic (exact) mass is 475 g/mol. The number of hydrogen-bond donors (Lipinski definition) is 2. The molecule has 2 rings (SSSR count). The first kappa shape index (κ1) is 27.6. The zero-order chi connectivity index (χ0) is 22.3. The van der Waals surface area contributed by atoms with Gasteiger partial charge in [0.05, 0.1) is 24.6 Å². The number of aliphatic imine (C=N–C) groups is 1. The maximum absolute atomic E-state index is 11.9. The molecule has 2 N–H and O–H groups in total. The highest BCUT2D eigenvalue weighted by Crippen LogP contribution is 2.30. The fourth-order valence-electron chi connectivity index (χ4n) is 2.13. The largest absolute Gasteiger partial charge is 0.389 e. The zero-order valence-corrected chi connectivity index (χ0v) is 19.8. The summed E-state index contributed by atoms with van der Waals surface area (Å²) >= 11 is 10.6. The maximum Gasteiger partial charge on any atom is 0.373 e. The molecule has 7 nitrogen and oxygen atoms in total. The van der Waals surface area contributed by atoms with Gasteiger partial charge in [-0.3, -0.25) is 9.79 Å². The van der Waals surface area contributed by atoms with E-state index in [1.54, 1.807) is 17.8 Å². The Labute approximate surface area is 189 Å². The number of nitrogens with zero attached hydrogens (tertiary/aromatic N) is 2. The third-order valence-corrected chi connectivity index (χ3v) is 5.66. The van der Waals surface area contributed by atoms with Gasteiger partial charge in [0.2, 0.25) is 5.91 Å². The number of aliphatic hydroxyl groups is 1. The lowest BCUT2D eigenvalue weighted by atomic mass is 10.1. The number of allylic oxidation sites excluding steroid dienone is 1. The van der Waals surface area contributed by atoms with Gasteiger partial charge in [0.25, 0.3) is 0 Å². The van der Waals surface area contributed by atoms with E-state index < -0.39 is 6.10 Å². The van der Waals surface area contributed by atoms with Crippen LogP contribution in [0, 0.1) is 0 Å². The fourth-order valence-corrected chi connectivity index (χ4v) is 4.04. The summed E-state index contributed by atoms with van der Waals surface area (Å²) in [6.07, 6.45) is 5.14. The van der Waals surface area contributed by atoms with E-state index in [9.17, 15) is 9.90 Å². The SMILES string of the molecule is CCC/C=C/[C@@H](O)CC(=O)NCc1nc(C2=NC(C)(C)CS2)cs1.O=C=O.S=S. The number of unbranched alkanes of at least 4 members (excludes halogenated alkanes) is 1. The first-order valence-electron chi connectivity index (χ1n) is 8.76. The molecule has 0 aromatic carbocycles. The highest BCUT2D eigenvalue weighted by atomic mass is 32.8. The highest BCUT2D eigenvalue weighted by molar-refractivity contribution is 8.14. The van der Waals surface area contributed by atoms with E-state index >= 15 is 0 Å². The summed E-state index contributed by atoms with van der Waals surface area (Å²) in [4.78, 5) is 37.3. The number of carbonyl (C=O) groups excluding carboxylic acids is 3. The number of thioether (sulfide) groups is 1. The van der Waals surface area contributed by atoms with Crippen molar-refractivity contribution < 1.29 is 19.5 Å². The van der Waals surface area contributed by atoms with Crippen molar-refractivity contribution in [2.24, 2.45) is 4.99 Å². The van der Waals surface area contributed by atoms with Crippen LogP contribution in [0.15, 0.2) is 22.5 Å². The summed E-state index contributed by atoms with van der Waals surface area (Å²) < 4.78 is 0. The van der Waals surface area contributed by atoms with Gasteiger partial charge in [-0.1, -0.05) is 25.5 Å². The highest BCUT2D eigenvalue weighted by Gasteiger charge is 2.27. The molecule has 1 aromatic rings. The Kier molecular flexibility index (Phi) is 14.8. The molecule has 0 aliphatic carbocycles. The molecule has 1 amide bonds. The van der Waals surface area contributed by atoms with Crippen molar-refractivity contribution in [3.8, 4) is 0 Å². The summed E-state index contributed by atoms with van der Waals surface area (Å²) in [5.41, 5.74) is 0.863. The normalized spacial score (nSPS) is 15.2. The van der Waals surface area contributed by atoms with Crippen molar-refractivity contribution in [1.29, 1.82) is 0 Å². The van der Waals surface area contributed by atoms with Gasteiger partial charge >= 0.3 is 6.15 Å². The second kappa shape index (κ2) is 15.5. The molecule has 1 aromatic heterocycles. The number of carbonyl (C=O) groups is 1. The molecular weight excluding hydrogens is 450 g/mol. The van der Waals surface area contributed by atoms with E-state index in [-0.39, 0.29) is 24.0 Å². The molecule has 0 spiro atoms. The Bertz CT molecular complexity index is 728. The maximum atomic E-state index is 11.9. The summed E-state index contributed by atoms with van der Waals surface area (Å²) in [5, 5.41) is 16.4. The van der Waals surface area contributed by atoms with E-state index in [2.05, 4.69) is 58.4 Å². The minimum atomic E-state index is -0.727. The third kappa shape index (κ3) is 12.0. The Morgan fingerprint density at radius 1 is 1.45 bits per heavy atom. The summed E-state index contributed by atoms with van der Waals surface area (Å²) in [7, 11) is 0. The van der Waals surface area contributed by atoms with E-state index in [0.717, 1.165) is 34.3 Å². The first-order chi connectivity index (χ1) is 13.8. The quantitative estimate of drug-likeness (QED) is 0.552. The number of thiazole rings is 1. The van der Waals surface area contributed by atoms with Crippen molar-refractivity contribution in [3.05, 3.63) is 28.2 Å². The van der Waals surface area contributed by atoms with E-state index in [0.29, 0.717) is 6.54 Å². The van der Waals surface area contributed by atoms with Gasteiger partial charge in [-0.15, -0.1) is 23.1 Å². The van der Waals surface area contributed by atoms with Crippen LogP contribution in [0.1, 0.15) is 50.7 Å². The molecule has 0 unspecified atom stereocenters. The van der Waals surface area contributed by atoms with E-state index in [4.69, 9.17) is 9.59 Å². The fraction of sp³-hybridized carbons (Fsp3) is 0.556. The lowest BCUT2D eigenvalue weighted by Gasteiger charge is -2.09. The van der Waals surface area contributed by atoms with Crippen molar-refractivity contribution in [1.82, 2.24) is 10.3 Å². The molecule has 160 valence electrons. The van der Waals surface area contributed by atoms with Crippen LogP contribution in [0.2, 0.25) is 0 Å². The van der Waals surface area contributed by atoms with Gasteiger partial charge in [0, 0.05) is 33.5 Å². The van der Waals surface area contributed by atoms with Crippen LogP contribution in [-0.4, -0.2) is 44.6 Å². The minimum Gasteiger partial charge on any atom is -0.389 e. The van der Waals surface area contributed by atoms with Crippen LogP contribution in [0.4, 0.5) is 0 Å². The second-order valence-corrected chi connectivity index (χ2v) is 8.40. The van der Waals surface area contributed by atoms with Gasteiger partial charge in [0.1, 0.15) is 15.7 Å². The molecule has 0 radical (unpaired) electrons. The van der Waals surface area contributed by atoms with Gasteiger partial charge in [-0.2, -0.15) is 9.59 Å². The predicted octanol–water partition coefficient (Wildman–Crippen LogP) is 2.55. The van der Waals surface area contributed by atoms with Crippen molar-refractivity contribution in [3.63, 3.8) is 0 Å². The smallest absolute Gasteiger partial charge is 0.373 e. The predicted molar refractivity (Wildman–Crippen MR) is 121 cm³/mol. The number of rotatable bonds is 8. The number of hydrogen-bond acceptors (Lipinski definition) is 10. The van der Waals surface area contributed by atoms with Gasteiger partial charge in [-0.25, -0.2) is 4.98 Å². The zero-order valence-electron chi connectivity index (χ0n) is 16.5. The molecule has 1 aliphatic rings. The van der Waals surface area contributed by atoms with Crippen LogP contribution < -0.4 is 5.32 Å².